The molecule has 1 aromatic heterocycles. The fraction of sp³-hybridized carbons (Fsp3) is 0.375. The second-order valence-electron chi connectivity index (χ2n) is 8.26. The van der Waals surface area contributed by atoms with Gasteiger partial charge in [-0.15, -0.1) is 0 Å². The van der Waals surface area contributed by atoms with E-state index in [9.17, 15) is 22.8 Å². The van der Waals surface area contributed by atoms with E-state index in [1.54, 1.807) is 44.2 Å². The molecule has 1 unspecified atom stereocenters. The molecule has 0 spiro atoms. The molecule has 0 radical (unpaired) electrons. The standard InChI is InChI=1S/C24H26F3N3O3/c1-13(2)33-18-8-6-17(7-9-18)12-28-22(31)16(5)30-20-11-15(4)14(3)10-19(20)29-21(23(30)32)24(25,26)27/h6-11,13,16H,12H2,1-5H3,(H,28,31). The quantitative estimate of drug-likeness (QED) is 0.578. The molecular weight excluding hydrogens is 435 g/mol. The number of halogens is 3. The van der Waals surface area contributed by atoms with Gasteiger partial charge in [0.25, 0.3) is 5.56 Å². The number of hydrogen-bond donors (Lipinski definition) is 1. The van der Waals surface area contributed by atoms with Crippen LogP contribution in [0.15, 0.2) is 41.2 Å². The van der Waals surface area contributed by atoms with Gasteiger partial charge < -0.3 is 10.1 Å². The monoisotopic (exact) mass is 461 g/mol. The number of hydrogen-bond acceptors (Lipinski definition) is 4. The first-order valence-electron chi connectivity index (χ1n) is 10.5. The van der Waals surface area contributed by atoms with Crippen LogP contribution in [0, 0.1) is 13.8 Å². The molecule has 0 aliphatic carbocycles. The highest BCUT2D eigenvalue weighted by Gasteiger charge is 2.38. The summed E-state index contributed by atoms with van der Waals surface area (Å²) >= 11 is 0. The minimum atomic E-state index is -4.94. The molecule has 1 N–H and O–H groups in total. The third kappa shape index (κ3) is 5.35. The number of carbonyl (C=O) groups is 1. The minimum absolute atomic E-state index is 0.00502. The van der Waals surface area contributed by atoms with E-state index in [4.69, 9.17) is 4.74 Å². The van der Waals surface area contributed by atoms with Crippen LogP contribution in [-0.4, -0.2) is 21.6 Å². The van der Waals surface area contributed by atoms with E-state index < -0.39 is 29.4 Å². The van der Waals surface area contributed by atoms with Gasteiger partial charge in [0.1, 0.15) is 11.8 Å². The number of ether oxygens (including phenoxy) is 1. The summed E-state index contributed by atoms with van der Waals surface area (Å²) in [5.74, 6) is 0.104. The molecule has 3 aromatic rings. The summed E-state index contributed by atoms with van der Waals surface area (Å²) in [6.45, 7) is 8.88. The number of rotatable bonds is 6. The van der Waals surface area contributed by atoms with Crippen molar-refractivity contribution in [1.29, 1.82) is 0 Å². The molecule has 3 rings (SSSR count). The molecule has 1 atom stereocenters. The van der Waals surface area contributed by atoms with E-state index in [1.807, 2.05) is 13.8 Å². The number of aryl methyl sites for hydroxylation is 2. The van der Waals surface area contributed by atoms with Gasteiger partial charge in [0.2, 0.25) is 11.6 Å². The Hall–Kier alpha value is -3.36. The average Bonchev–Trinajstić information content (AvgIpc) is 2.72. The van der Waals surface area contributed by atoms with E-state index >= 15 is 0 Å². The maximum Gasteiger partial charge on any atom is 0.438 e. The van der Waals surface area contributed by atoms with Crippen molar-refractivity contribution in [3.63, 3.8) is 0 Å². The summed E-state index contributed by atoms with van der Waals surface area (Å²) in [4.78, 5) is 29.2. The predicted molar refractivity (Wildman–Crippen MR) is 119 cm³/mol. The van der Waals surface area contributed by atoms with Crippen LogP contribution >= 0.6 is 0 Å². The molecule has 1 amide bonds. The van der Waals surface area contributed by atoms with Crippen molar-refractivity contribution < 1.29 is 22.7 Å². The van der Waals surface area contributed by atoms with Gasteiger partial charge in [-0.25, -0.2) is 4.98 Å². The number of fused-ring (bicyclic) bond motifs is 1. The van der Waals surface area contributed by atoms with Gasteiger partial charge in [0.05, 0.1) is 17.1 Å². The molecule has 0 aliphatic heterocycles. The molecule has 0 fully saturated rings. The van der Waals surface area contributed by atoms with Gasteiger partial charge in [0, 0.05) is 6.54 Å². The van der Waals surface area contributed by atoms with E-state index in [1.165, 1.54) is 13.0 Å². The number of nitrogens with zero attached hydrogens (tertiary/aromatic N) is 2. The van der Waals surface area contributed by atoms with Crippen LogP contribution in [0.5, 0.6) is 5.75 Å². The molecular formula is C24H26F3N3O3. The Kier molecular flexibility index (Phi) is 6.81. The lowest BCUT2D eigenvalue weighted by Gasteiger charge is -2.20. The molecule has 33 heavy (non-hydrogen) atoms. The Balaban J connectivity index is 1.92. The summed E-state index contributed by atoms with van der Waals surface area (Å²) in [7, 11) is 0. The van der Waals surface area contributed by atoms with Crippen LogP contribution in [0.1, 0.15) is 49.2 Å². The second kappa shape index (κ2) is 9.25. The van der Waals surface area contributed by atoms with Crippen molar-refractivity contribution in [1.82, 2.24) is 14.9 Å². The van der Waals surface area contributed by atoms with E-state index in [0.29, 0.717) is 5.75 Å². The third-order valence-corrected chi connectivity index (χ3v) is 5.30. The van der Waals surface area contributed by atoms with Crippen molar-refractivity contribution in [2.24, 2.45) is 0 Å². The average molecular weight is 461 g/mol. The molecule has 9 heteroatoms. The summed E-state index contributed by atoms with van der Waals surface area (Å²) < 4.78 is 46.9. The first-order valence-corrected chi connectivity index (χ1v) is 10.5. The van der Waals surface area contributed by atoms with Gasteiger partial charge in [-0.2, -0.15) is 13.2 Å². The van der Waals surface area contributed by atoms with Crippen LogP contribution in [-0.2, 0) is 17.5 Å². The van der Waals surface area contributed by atoms with Crippen LogP contribution in [0.2, 0.25) is 0 Å². The Bertz CT molecular complexity index is 1230. The zero-order valence-electron chi connectivity index (χ0n) is 19.1. The number of aromatic nitrogens is 2. The van der Waals surface area contributed by atoms with Gasteiger partial charge in [0.15, 0.2) is 0 Å². The molecule has 2 aromatic carbocycles. The van der Waals surface area contributed by atoms with Crippen molar-refractivity contribution in [2.75, 3.05) is 0 Å². The summed E-state index contributed by atoms with van der Waals surface area (Å²) in [5, 5.41) is 2.69. The van der Waals surface area contributed by atoms with E-state index in [2.05, 4.69) is 10.3 Å². The van der Waals surface area contributed by atoms with Crippen LogP contribution in [0.3, 0.4) is 0 Å². The number of alkyl halides is 3. The summed E-state index contributed by atoms with van der Waals surface area (Å²) in [6.07, 6.45) is -4.92. The maximum absolute atomic E-state index is 13.5. The highest BCUT2D eigenvalue weighted by Crippen LogP contribution is 2.28. The fourth-order valence-electron chi connectivity index (χ4n) is 3.44. The minimum Gasteiger partial charge on any atom is -0.491 e. The molecule has 0 saturated carbocycles. The Morgan fingerprint density at radius 1 is 1.09 bits per heavy atom. The zero-order chi connectivity index (χ0) is 24.5. The number of carbonyl (C=O) groups excluding carboxylic acids is 1. The fourth-order valence-corrected chi connectivity index (χ4v) is 3.44. The molecule has 0 saturated heterocycles. The van der Waals surface area contributed by atoms with Crippen LogP contribution < -0.4 is 15.6 Å². The van der Waals surface area contributed by atoms with E-state index in [-0.39, 0.29) is 23.7 Å². The molecule has 0 bridgehead atoms. The number of benzene rings is 2. The first-order chi connectivity index (χ1) is 15.4. The Morgan fingerprint density at radius 3 is 2.27 bits per heavy atom. The van der Waals surface area contributed by atoms with Gasteiger partial charge >= 0.3 is 6.18 Å². The van der Waals surface area contributed by atoms with Gasteiger partial charge in [-0.3, -0.25) is 14.2 Å². The lowest BCUT2D eigenvalue weighted by Crippen LogP contribution is -2.39. The number of nitrogens with one attached hydrogen (secondary N) is 1. The lowest BCUT2D eigenvalue weighted by molar-refractivity contribution is -0.142. The van der Waals surface area contributed by atoms with Crippen molar-refractivity contribution >= 4 is 16.9 Å². The third-order valence-electron chi connectivity index (χ3n) is 5.30. The highest BCUT2D eigenvalue weighted by atomic mass is 19.4. The topological polar surface area (TPSA) is 73.2 Å². The predicted octanol–water partition coefficient (Wildman–Crippen LogP) is 4.70. The first kappa shape index (κ1) is 24.3. The maximum atomic E-state index is 13.5. The summed E-state index contributed by atoms with van der Waals surface area (Å²) in [6, 6.07) is 8.99. The number of amides is 1. The lowest BCUT2D eigenvalue weighted by atomic mass is 10.1. The van der Waals surface area contributed by atoms with Crippen molar-refractivity contribution in [2.45, 2.75) is 59.5 Å². The van der Waals surface area contributed by atoms with Crippen LogP contribution in [0.4, 0.5) is 13.2 Å². The SMILES string of the molecule is Cc1cc2nc(C(F)(F)F)c(=O)n(C(C)C(=O)NCc3ccc(OC(C)C)cc3)c2cc1C. The molecule has 6 nitrogen and oxygen atoms in total. The molecule has 1 heterocycles. The van der Waals surface area contributed by atoms with E-state index in [0.717, 1.165) is 21.3 Å². The van der Waals surface area contributed by atoms with Crippen molar-refractivity contribution in [3.05, 3.63) is 69.1 Å². The normalized spacial score (nSPS) is 12.8. The van der Waals surface area contributed by atoms with Gasteiger partial charge in [-0.05, 0) is 75.6 Å². The Labute approximate surface area is 189 Å². The summed E-state index contributed by atoms with van der Waals surface area (Å²) in [5.41, 5.74) is -0.432. The molecule has 0 aliphatic rings. The second-order valence-corrected chi connectivity index (χ2v) is 8.26. The zero-order valence-corrected chi connectivity index (χ0v) is 19.1. The van der Waals surface area contributed by atoms with Crippen molar-refractivity contribution in [3.8, 4) is 5.75 Å². The van der Waals surface area contributed by atoms with Gasteiger partial charge in [-0.1, -0.05) is 12.1 Å². The Morgan fingerprint density at radius 2 is 1.70 bits per heavy atom. The smallest absolute Gasteiger partial charge is 0.438 e. The largest absolute Gasteiger partial charge is 0.491 e. The highest BCUT2D eigenvalue weighted by molar-refractivity contribution is 5.84. The molecule has 176 valence electrons. The van der Waals surface area contributed by atoms with Crippen LogP contribution in [0.25, 0.3) is 11.0 Å².